The van der Waals surface area contributed by atoms with Crippen molar-refractivity contribution in [3.63, 3.8) is 0 Å². The van der Waals surface area contributed by atoms with E-state index in [0.29, 0.717) is 6.61 Å². The zero-order valence-corrected chi connectivity index (χ0v) is 19.7. The van der Waals surface area contributed by atoms with Gasteiger partial charge in [0.15, 0.2) is 0 Å². The maximum atomic E-state index is 11.4. The predicted molar refractivity (Wildman–Crippen MR) is 126 cm³/mol. The van der Waals surface area contributed by atoms with Crippen molar-refractivity contribution in [1.82, 2.24) is 10.2 Å². The summed E-state index contributed by atoms with van der Waals surface area (Å²) in [5, 5.41) is 3.02. The molecule has 0 aromatic heterocycles. The highest BCUT2D eigenvalue weighted by Gasteiger charge is 2.08. The van der Waals surface area contributed by atoms with Crippen molar-refractivity contribution in [2.24, 2.45) is 0 Å². The van der Waals surface area contributed by atoms with E-state index >= 15 is 0 Å². The minimum atomic E-state index is -0.770. The van der Waals surface area contributed by atoms with Crippen molar-refractivity contribution in [3.05, 3.63) is 71.8 Å². The van der Waals surface area contributed by atoms with Crippen LogP contribution in [0.2, 0.25) is 0 Å². The van der Waals surface area contributed by atoms with Crippen molar-refractivity contribution >= 4 is 23.1 Å². The topological polar surface area (TPSA) is 67.9 Å². The molecule has 0 aliphatic heterocycles. The van der Waals surface area contributed by atoms with Gasteiger partial charge < -0.3 is 19.7 Å². The summed E-state index contributed by atoms with van der Waals surface area (Å²) in [6.07, 6.45) is 1.91. The van der Waals surface area contributed by atoms with Gasteiger partial charge >= 0.3 is 11.5 Å². The fraction of sp³-hybridized carbons (Fsp3) is 0.417. The van der Waals surface area contributed by atoms with E-state index in [0.717, 1.165) is 30.6 Å². The minimum absolute atomic E-state index is 0.239. The summed E-state index contributed by atoms with van der Waals surface area (Å²) >= 11 is 4.97. The number of benzene rings is 2. The van der Waals surface area contributed by atoms with Crippen LogP contribution in [0.4, 0.5) is 9.59 Å². The van der Waals surface area contributed by atoms with E-state index < -0.39 is 5.43 Å². The maximum absolute atomic E-state index is 11.4. The maximum Gasteiger partial charge on any atom is 0.409 e. The first-order valence-corrected chi connectivity index (χ1v) is 10.7. The Morgan fingerprint density at radius 2 is 1.35 bits per heavy atom. The van der Waals surface area contributed by atoms with Crippen LogP contribution in [-0.2, 0) is 22.7 Å². The number of nitrogens with one attached hydrogen (secondary N) is 1. The molecule has 0 radical (unpaired) electrons. The molecule has 0 saturated heterocycles. The van der Waals surface area contributed by atoms with E-state index in [1.54, 1.807) is 11.9 Å². The highest BCUT2D eigenvalue weighted by Crippen LogP contribution is 2.03. The van der Waals surface area contributed by atoms with Crippen molar-refractivity contribution in [2.75, 3.05) is 27.2 Å². The Kier molecular flexibility index (Phi) is 17.8. The summed E-state index contributed by atoms with van der Waals surface area (Å²) < 4.78 is 9.68. The van der Waals surface area contributed by atoms with E-state index in [1.807, 2.05) is 74.6 Å². The Labute approximate surface area is 191 Å². The zero-order valence-electron chi connectivity index (χ0n) is 19.0. The molecule has 7 heteroatoms. The molecule has 2 aromatic carbocycles. The summed E-state index contributed by atoms with van der Waals surface area (Å²) in [6.45, 7) is 6.63. The molecule has 172 valence electrons. The fourth-order valence-corrected chi connectivity index (χ4v) is 2.28. The number of rotatable bonds is 8. The SMILES string of the molecule is CCCN(C)C(=O)OCc1ccccc1.CCCNC.O=C(Cl)OCc1ccccc1. The van der Waals surface area contributed by atoms with Crippen molar-refractivity contribution < 1.29 is 19.1 Å². The van der Waals surface area contributed by atoms with Crippen LogP contribution in [0.1, 0.15) is 37.8 Å². The molecule has 2 rings (SSSR count). The largest absolute Gasteiger partial charge is 0.449 e. The van der Waals surface area contributed by atoms with Gasteiger partial charge in [-0.2, -0.15) is 0 Å². The number of ether oxygens (including phenoxy) is 2. The first-order chi connectivity index (χ1) is 14.9. The molecule has 0 saturated carbocycles. The second-order valence-electron chi connectivity index (χ2n) is 6.58. The van der Waals surface area contributed by atoms with E-state index in [9.17, 15) is 9.59 Å². The van der Waals surface area contributed by atoms with Gasteiger partial charge in [0.05, 0.1) is 0 Å². The lowest BCUT2D eigenvalue weighted by molar-refractivity contribution is 0.105. The van der Waals surface area contributed by atoms with Gasteiger partial charge in [-0.3, -0.25) is 0 Å². The van der Waals surface area contributed by atoms with Gasteiger partial charge in [-0.25, -0.2) is 9.59 Å². The third kappa shape index (κ3) is 16.9. The van der Waals surface area contributed by atoms with Crippen LogP contribution in [0.15, 0.2) is 60.7 Å². The third-order valence-corrected chi connectivity index (χ3v) is 3.88. The lowest BCUT2D eigenvalue weighted by Crippen LogP contribution is -2.27. The molecule has 1 amide bonds. The predicted octanol–water partition coefficient (Wildman–Crippen LogP) is 5.84. The van der Waals surface area contributed by atoms with Gasteiger partial charge in [0.25, 0.3) is 0 Å². The molecule has 0 unspecified atom stereocenters. The van der Waals surface area contributed by atoms with Gasteiger partial charge in [-0.1, -0.05) is 74.5 Å². The lowest BCUT2D eigenvalue weighted by Gasteiger charge is -2.15. The van der Waals surface area contributed by atoms with Gasteiger partial charge in [0.1, 0.15) is 13.2 Å². The monoisotopic (exact) mass is 450 g/mol. The van der Waals surface area contributed by atoms with Gasteiger partial charge in [0.2, 0.25) is 0 Å². The number of hydrogen-bond acceptors (Lipinski definition) is 5. The van der Waals surface area contributed by atoms with Crippen molar-refractivity contribution in [3.8, 4) is 0 Å². The molecule has 0 bridgehead atoms. The lowest BCUT2D eigenvalue weighted by atomic mass is 10.2. The van der Waals surface area contributed by atoms with Gasteiger partial charge in [-0.15, -0.1) is 0 Å². The Morgan fingerprint density at radius 1 is 0.871 bits per heavy atom. The number of amides is 1. The molecule has 0 spiro atoms. The van der Waals surface area contributed by atoms with Crippen molar-refractivity contribution in [2.45, 2.75) is 39.9 Å². The molecule has 0 aliphatic rings. The molecule has 31 heavy (non-hydrogen) atoms. The fourth-order valence-electron chi connectivity index (χ4n) is 2.22. The van der Waals surface area contributed by atoms with Crippen molar-refractivity contribution in [1.29, 1.82) is 0 Å². The molecular formula is C24H35ClN2O4. The first-order valence-electron chi connectivity index (χ1n) is 10.4. The zero-order chi connectivity index (χ0) is 23.3. The Bertz CT molecular complexity index is 697. The standard InChI is InChI=1S/C12H17NO2.C8H7ClO2.C4H11N/c1-3-9-13(2)12(14)15-10-11-7-5-4-6-8-11;9-8(10)11-6-7-4-2-1-3-5-7;1-3-4-5-2/h4-8H,3,9-10H2,1-2H3;1-5H,6H2;5H,3-4H2,1-2H3. The Hall–Kier alpha value is -2.57. The van der Waals surface area contributed by atoms with E-state index in [4.69, 9.17) is 16.3 Å². The summed E-state index contributed by atoms with van der Waals surface area (Å²) in [6, 6.07) is 19.0. The molecule has 0 heterocycles. The molecule has 1 N–H and O–H groups in total. The van der Waals surface area contributed by atoms with Crippen LogP contribution >= 0.6 is 11.6 Å². The number of nitrogens with zero attached hydrogens (tertiary/aromatic N) is 1. The van der Waals surface area contributed by atoms with Crippen LogP contribution in [0.3, 0.4) is 0 Å². The van der Waals surface area contributed by atoms with Crippen LogP contribution in [0.25, 0.3) is 0 Å². The Balaban J connectivity index is 0.000000492. The number of halogens is 1. The van der Waals surface area contributed by atoms with Crippen LogP contribution in [0.5, 0.6) is 0 Å². The quantitative estimate of drug-likeness (QED) is 0.511. The Morgan fingerprint density at radius 3 is 1.71 bits per heavy atom. The van der Waals surface area contributed by atoms with E-state index in [2.05, 4.69) is 17.0 Å². The average molecular weight is 451 g/mol. The smallest absolute Gasteiger partial charge is 0.409 e. The highest BCUT2D eigenvalue weighted by molar-refractivity contribution is 6.61. The third-order valence-electron chi connectivity index (χ3n) is 3.77. The van der Waals surface area contributed by atoms with Crippen LogP contribution < -0.4 is 5.32 Å². The second-order valence-corrected chi connectivity index (χ2v) is 6.89. The van der Waals surface area contributed by atoms with Crippen LogP contribution in [0, 0.1) is 0 Å². The van der Waals surface area contributed by atoms with E-state index in [-0.39, 0.29) is 12.7 Å². The number of carbonyl (C=O) groups excluding carboxylic acids is 2. The molecule has 0 aliphatic carbocycles. The molecule has 0 atom stereocenters. The van der Waals surface area contributed by atoms with Crippen LogP contribution in [-0.4, -0.2) is 43.6 Å². The molecule has 0 fully saturated rings. The van der Waals surface area contributed by atoms with E-state index in [1.165, 1.54) is 6.42 Å². The van der Waals surface area contributed by atoms with Gasteiger partial charge in [-0.05, 0) is 37.6 Å². The number of carbonyl (C=O) groups is 2. The van der Waals surface area contributed by atoms with Gasteiger partial charge in [0, 0.05) is 25.2 Å². The summed E-state index contributed by atoms with van der Waals surface area (Å²) in [5.74, 6) is 0. The summed E-state index contributed by atoms with van der Waals surface area (Å²) in [4.78, 5) is 23.2. The average Bonchev–Trinajstić information content (AvgIpc) is 2.79. The molecule has 2 aromatic rings. The highest BCUT2D eigenvalue weighted by atomic mass is 35.5. The molecule has 6 nitrogen and oxygen atoms in total. The number of hydrogen-bond donors (Lipinski definition) is 1. The summed E-state index contributed by atoms with van der Waals surface area (Å²) in [7, 11) is 3.71. The first kappa shape index (κ1) is 28.4. The second kappa shape index (κ2) is 19.4. The molecular weight excluding hydrogens is 416 g/mol. The summed E-state index contributed by atoms with van der Waals surface area (Å²) in [5.41, 5.74) is 1.17. The normalized spacial score (nSPS) is 9.32. The minimum Gasteiger partial charge on any atom is -0.449 e.